The Balaban J connectivity index is 0.00000300. The largest absolute Gasteiger partial charge is 1.00 e. The molecule has 0 amide bonds. The minimum atomic E-state index is 0. The molecule has 0 unspecified atom stereocenters. The summed E-state index contributed by atoms with van der Waals surface area (Å²) in [5, 5.41) is 0. The molecule has 29 heavy (non-hydrogen) atoms. The van der Waals surface area contributed by atoms with Gasteiger partial charge in [-0.05, 0) is 35.4 Å². The number of methoxy groups -OCH3 is 5. The zero-order valence-electron chi connectivity index (χ0n) is 17.8. The third kappa shape index (κ3) is 4.55. The first kappa shape index (κ1) is 23.1. The second-order valence-electron chi connectivity index (χ2n) is 6.69. The van der Waals surface area contributed by atoms with Gasteiger partial charge in [-0.1, -0.05) is 0 Å². The van der Waals surface area contributed by atoms with Crippen molar-refractivity contribution in [1.29, 1.82) is 0 Å². The van der Waals surface area contributed by atoms with Crippen LogP contribution >= 0.6 is 0 Å². The van der Waals surface area contributed by atoms with E-state index in [0.29, 0.717) is 17.2 Å². The van der Waals surface area contributed by atoms with Crippen molar-refractivity contribution >= 4 is 5.71 Å². The van der Waals surface area contributed by atoms with Crippen LogP contribution in [0.4, 0.5) is 0 Å². The molecule has 1 heterocycles. The Hall–Kier alpha value is -2.16. The van der Waals surface area contributed by atoms with Crippen molar-refractivity contribution in [3.05, 3.63) is 41.0 Å². The number of ether oxygens (including phenoxy) is 5. The Bertz CT molecular complexity index is 885. The number of hydrogen-bond donors (Lipinski definition) is 0. The van der Waals surface area contributed by atoms with Gasteiger partial charge in [-0.15, -0.1) is 0 Å². The van der Waals surface area contributed by atoms with E-state index in [4.69, 9.17) is 23.7 Å². The lowest BCUT2D eigenvalue weighted by Crippen LogP contribution is -3.00. The summed E-state index contributed by atoms with van der Waals surface area (Å²) < 4.78 is 29.7. The van der Waals surface area contributed by atoms with Gasteiger partial charge in [0.05, 0.1) is 42.0 Å². The van der Waals surface area contributed by atoms with E-state index in [2.05, 4.69) is 23.8 Å². The molecule has 158 valence electrons. The topological polar surface area (TPSA) is 49.2 Å². The van der Waals surface area contributed by atoms with Crippen molar-refractivity contribution in [2.45, 2.75) is 12.8 Å². The SMILES string of the molecule is COc1cc2c(cc1OC)C(Cc1cc(OC)c(OC)c(OC)c1)=[N+](C)CC2.[I-]. The molecule has 0 spiro atoms. The van der Waals surface area contributed by atoms with Crippen molar-refractivity contribution in [3.8, 4) is 28.7 Å². The number of fused-ring (bicyclic) bond motifs is 1. The highest BCUT2D eigenvalue weighted by Crippen LogP contribution is 2.39. The van der Waals surface area contributed by atoms with E-state index in [1.165, 1.54) is 16.8 Å². The van der Waals surface area contributed by atoms with Crippen LogP contribution in [0.2, 0.25) is 0 Å². The summed E-state index contributed by atoms with van der Waals surface area (Å²) in [7, 11) is 10.3. The Morgan fingerprint density at radius 2 is 1.31 bits per heavy atom. The van der Waals surface area contributed by atoms with Gasteiger partial charge in [0.2, 0.25) is 5.75 Å². The monoisotopic (exact) mass is 513 g/mol. The third-order valence-electron chi connectivity index (χ3n) is 5.19. The molecule has 0 aromatic heterocycles. The maximum absolute atomic E-state index is 5.53. The zero-order chi connectivity index (χ0) is 20.3. The molecule has 0 bridgehead atoms. The number of nitrogens with zero attached hydrogens (tertiary/aromatic N) is 1. The van der Waals surface area contributed by atoms with E-state index in [-0.39, 0.29) is 24.0 Å². The predicted molar refractivity (Wildman–Crippen MR) is 108 cm³/mol. The predicted octanol–water partition coefficient (Wildman–Crippen LogP) is -0.0362. The fourth-order valence-corrected chi connectivity index (χ4v) is 3.69. The smallest absolute Gasteiger partial charge is 0.203 e. The van der Waals surface area contributed by atoms with Crippen molar-refractivity contribution in [2.75, 3.05) is 49.1 Å². The molecule has 0 saturated heterocycles. The van der Waals surface area contributed by atoms with Crippen LogP contribution in [0.5, 0.6) is 28.7 Å². The third-order valence-corrected chi connectivity index (χ3v) is 5.19. The van der Waals surface area contributed by atoms with Crippen LogP contribution in [0, 0.1) is 0 Å². The minimum Gasteiger partial charge on any atom is -1.00 e. The molecule has 0 atom stereocenters. The van der Waals surface area contributed by atoms with Gasteiger partial charge in [-0.25, -0.2) is 4.58 Å². The van der Waals surface area contributed by atoms with E-state index >= 15 is 0 Å². The summed E-state index contributed by atoms with van der Waals surface area (Å²) in [5.41, 5.74) is 4.74. The number of halogens is 1. The summed E-state index contributed by atoms with van der Waals surface area (Å²) in [5.74, 6) is 3.41. The van der Waals surface area contributed by atoms with Crippen LogP contribution in [0.1, 0.15) is 16.7 Å². The first-order valence-corrected chi connectivity index (χ1v) is 9.17. The van der Waals surface area contributed by atoms with E-state index < -0.39 is 0 Å². The van der Waals surface area contributed by atoms with E-state index in [0.717, 1.165) is 36.4 Å². The molecule has 0 radical (unpaired) electrons. The Kier molecular flexibility index (Phi) is 8.01. The molecule has 0 aliphatic carbocycles. The normalized spacial score (nSPS) is 12.6. The highest BCUT2D eigenvalue weighted by atomic mass is 127. The average Bonchev–Trinajstić information content (AvgIpc) is 2.73. The zero-order valence-corrected chi connectivity index (χ0v) is 20.0. The van der Waals surface area contributed by atoms with Crippen LogP contribution in [0.15, 0.2) is 24.3 Å². The lowest BCUT2D eigenvalue weighted by molar-refractivity contribution is -0.498. The van der Waals surface area contributed by atoms with Gasteiger partial charge >= 0.3 is 0 Å². The number of benzene rings is 2. The van der Waals surface area contributed by atoms with Crippen molar-refractivity contribution in [1.82, 2.24) is 0 Å². The summed E-state index contributed by atoms with van der Waals surface area (Å²) in [4.78, 5) is 0. The van der Waals surface area contributed by atoms with Gasteiger partial charge in [0.25, 0.3) is 0 Å². The van der Waals surface area contributed by atoms with Gasteiger partial charge in [-0.3, -0.25) is 0 Å². The fraction of sp³-hybridized carbons (Fsp3) is 0.409. The van der Waals surface area contributed by atoms with Crippen LogP contribution in [0.25, 0.3) is 0 Å². The maximum Gasteiger partial charge on any atom is 0.203 e. The summed E-state index contributed by atoms with van der Waals surface area (Å²) >= 11 is 0. The molecule has 6 nitrogen and oxygen atoms in total. The van der Waals surface area contributed by atoms with Crippen LogP contribution < -0.4 is 47.7 Å². The molecule has 0 saturated carbocycles. The molecule has 3 rings (SSSR count). The standard InChI is InChI=1S/C22H28NO5.HI/c1-23-8-7-15-12-18(24-2)19(25-3)13-16(15)17(23)9-14-10-20(26-4)22(28-6)21(11-14)27-5;/h10-13H,7-9H2,1-6H3;1H/q+1;/p-1. The van der Waals surface area contributed by atoms with Gasteiger partial charge in [0, 0.05) is 12.0 Å². The molecule has 2 aromatic carbocycles. The van der Waals surface area contributed by atoms with Gasteiger partial charge in [-0.2, -0.15) is 0 Å². The molecular weight excluding hydrogens is 485 g/mol. The van der Waals surface area contributed by atoms with E-state index in [1.807, 2.05) is 12.1 Å². The molecular formula is C22H28INO5. The second-order valence-corrected chi connectivity index (χ2v) is 6.69. The molecule has 0 N–H and O–H groups in total. The number of rotatable bonds is 7. The second kappa shape index (κ2) is 10.0. The summed E-state index contributed by atoms with van der Waals surface area (Å²) in [6.45, 7) is 0.947. The molecule has 7 heteroatoms. The molecule has 0 fully saturated rings. The number of likely N-dealkylation sites (N-methyl/N-ethyl adjacent to an activating group) is 1. The van der Waals surface area contributed by atoms with E-state index in [9.17, 15) is 0 Å². The first-order chi connectivity index (χ1) is 13.6. The van der Waals surface area contributed by atoms with Gasteiger partial charge in [0.1, 0.15) is 13.6 Å². The Morgan fingerprint density at radius 3 is 1.83 bits per heavy atom. The first-order valence-electron chi connectivity index (χ1n) is 9.17. The quantitative estimate of drug-likeness (QED) is 0.385. The molecule has 1 aliphatic heterocycles. The lowest BCUT2D eigenvalue weighted by atomic mass is 9.92. The van der Waals surface area contributed by atoms with Crippen LogP contribution in [-0.2, 0) is 12.8 Å². The van der Waals surface area contributed by atoms with Gasteiger partial charge < -0.3 is 47.7 Å². The summed E-state index contributed by atoms with van der Waals surface area (Å²) in [6, 6.07) is 8.14. The highest BCUT2D eigenvalue weighted by Gasteiger charge is 2.27. The maximum atomic E-state index is 5.53. The fourth-order valence-electron chi connectivity index (χ4n) is 3.69. The Labute approximate surface area is 189 Å². The average molecular weight is 513 g/mol. The van der Waals surface area contributed by atoms with E-state index in [1.54, 1.807) is 35.5 Å². The van der Waals surface area contributed by atoms with Crippen molar-refractivity contribution < 1.29 is 52.2 Å². The van der Waals surface area contributed by atoms with Crippen molar-refractivity contribution in [3.63, 3.8) is 0 Å². The molecule has 1 aliphatic rings. The lowest BCUT2D eigenvalue weighted by Gasteiger charge is -2.20. The van der Waals surface area contributed by atoms with Crippen LogP contribution in [-0.4, -0.2) is 59.4 Å². The number of hydrogen-bond acceptors (Lipinski definition) is 5. The Morgan fingerprint density at radius 1 is 0.759 bits per heavy atom. The highest BCUT2D eigenvalue weighted by molar-refractivity contribution is 6.01. The summed E-state index contributed by atoms with van der Waals surface area (Å²) in [6.07, 6.45) is 1.70. The molecule has 2 aromatic rings. The van der Waals surface area contributed by atoms with Gasteiger partial charge in [0.15, 0.2) is 28.7 Å². The minimum absolute atomic E-state index is 0. The van der Waals surface area contributed by atoms with Crippen LogP contribution in [0.3, 0.4) is 0 Å². The van der Waals surface area contributed by atoms with Crippen molar-refractivity contribution in [2.24, 2.45) is 0 Å².